The van der Waals surface area contributed by atoms with Crippen molar-refractivity contribution in [3.8, 4) is 0 Å². The van der Waals surface area contributed by atoms with Gasteiger partial charge in [-0.15, -0.1) is 0 Å². The summed E-state index contributed by atoms with van der Waals surface area (Å²) >= 11 is 0. The Labute approximate surface area is 107 Å². The zero-order chi connectivity index (χ0) is 13.3. The highest BCUT2D eigenvalue weighted by atomic mass is 16.4. The van der Waals surface area contributed by atoms with Crippen LogP contribution in [0.2, 0.25) is 0 Å². The summed E-state index contributed by atoms with van der Waals surface area (Å²) in [6.45, 7) is 4.10. The molecule has 0 aliphatic carbocycles. The molecule has 5 heteroatoms. The second-order valence-corrected chi connectivity index (χ2v) is 5.12. The monoisotopic (exact) mass is 249 g/mol. The van der Waals surface area contributed by atoms with Crippen LogP contribution in [-0.2, 0) is 0 Å². The average molecular weight is 249 g/mol. The minimum Gasteiger partial charge on any atom is -0.477 e. The Bertz CT molecular complexity index is 448. The molecule has 1 fully saturated rings. The minimum atomic E-state index is -0.978. The first kappa shape index (κ1) is 12.8. The van der Waals surface area contributed by atoms with Gasteiger partial charge < -0.3 is 14.9 Å². The summed E-state index contributed by atoms with van der Waals surface area (Å²) in [5.74, 6) is -0.408. The molecule has 1 aliphatic rings. The lowest BCUT2D eigenvalue weighted by Crippen LogP contribution is -2.34. The largest absolute Gasteiger partial charge is 0.477 e. The highest BCUT2D eigenvalue weighted by Gasteiger charge is 2.31. The fraction of sp³-hybridized carbons (Fsp3) is 0.538. The van der Waals surface area contributed by atoms with Crippen molar-refractivity contribution in [2.24, 2.45) is 5.92 Å². The number of carboxylic acid groups (broad SMARTS) is 1. The lowest BCUT2D eigenvalue weighted by molar-refractivity contribution is 0.0690. The summed E-state index contributed by atoms with van der Waals surface area (Å²) in [5.41, 5.74) is 1.05. The first-order valence-corrected chi connectivity index (χ1v) is 6.09. The van der Waals surface area contributed by atoms with Gasteiger partial charge in [-0.05, 0) is 32.1 Å². The number of likely N-dealkylation sites (N-methyl/N-ethyl adjacent to an activating group) is 1. The summed E-state index contributed by atoms with van der Waals surface area (Å²) in [6.07, 6.45) is 1.56. The van der Waals surface area contributed by atoms with Crippen LogP contribution in [0.25, 0.3) is 0 Å². The molecule has 98 valence electrons. The first-order chi connectivity index (χ1) is 8.49. The third-order valence-electron chi connectivity index (χ3n) is 3.56. The van der Waals surface area contributed by atoms with Gasteiger partial charge in [-0.1, -0.05) is 6.92 Å². The van der Waals surface area contributed by atoms with Crippen LogP contribution < -0.4 is 4.90 Å². The molecule has 5 nitrogen and oxygen atoms in total. The maximum absolute atomic E-state index is 10.9. The summed E-state index contributed by atoms with van der Waals surface area (Å²) in [4.78, 5) is 19.2. The summed E-state index contributed by atoms with van der Waals surface area (Å²) in [5, 5.41) is 8.96. The predicted octanol–water partition coefficient (Wildman–Crippen LogP) is 1.17. The Balaban J connectivity index is 2.18. The fourth-order valence-corrected chi connectivity index (χ4v) is 2.57. The highest BCUT2D eigenvalue weighted by molar-refractivity contribution is 5.86. The van der Waals surface area contributed by atoms with Crippen molar-refractivity contribution in [1.29, 1.82) is 0 Å². The van der Waals surface area contributed by atoms with E-state index in [1.807, 2.05) is 6.07 Å². The quantitative estimate of drug-likeness (QED) is 0.871. The number of aromatic nitrogens is 1. The van der Waals surface area contributed by atoms with Gasteiger partial charge in [0, 0.05) is 31.0 Å². The number of carbonyl (C=O) groups is 1. The van der Waals surface area contributed by atoms with Gasteiger partial charge in [-0.25, -0.2) is 9.78 Å². The van der Waals surface area contributed by atoms with E-state index in [2.05, 4.69) is 35.8 Å². The molecule has 1 aliphatic heterocycles. The molecule has 2 heterocycles. The van der Waals surface area contributed by atoms with Gasteiger partial charge in [-0.2, -0.15) is 0 Å². The molecule has 1 aromatic rings. The zero-order valence-corrected chi connectivity index (χ0v) is 11.0. The number of hydrogen-bond acceptors (Lipinski definition) is 4. The van der Waals surface area contributed by atoms with Crippen LogP contribution in [0.3, 0.4) is 0 Å². The smallest absolute Gasteiger partial charge is 0.354 e. The van der Waals surface area contributed by atoms with E-state index < -0.39 is 5.97 Å². The standard InChI is InChI=1S/C13H19N3O2/c1-9-7-16(8-12(9)15(2)3)10-4-5-14-11(6-10)13(17)18/h4-6,9,12H,7-8H2,1-3H3,(H,17,18). The fourth-order valence-electron chi connectivity index (χ4n) is 2.57. The molecule has 0 saturated carbocycles. The first-order valence-electron chi connectivity index (χ1n) is 6.09. The van der Waals surface area contributed by atoms with E-state index in [9.17, 15) is 4.79 Å². The third-order valence-corrected chi connectivity index (χ3v) is 3.56. The number of hydrogen-bond donors (Lipinski definition) is 1. The SMILES string of the molecule is CC1CN(c2ccnc(C(=O)O)c2)CC1N(C)C. The number of nitrogens with zero attached hydrogens (tertiary/aromatic N) is 3. The Morgan fingerprint density at radius 1 is 1.50 bits per heavy atom. The van der Waals surface area contributed by atoms with Crippen molar-refractivity contribution >= 4 is 11.7 Å². The molecule has 0 radical (unpaired) electrons. The predicted molar refractivity (Wildman–Crippen MR) is 70.0 cm³/mol. The van der Waals surface area contributed by atoms with Crippen molar-refractivity contribution < 1.29 is 9.90 Å². The molecular weight excluding hydrogens is 230 g/mol. The second kappa shape index (κ2) is 4.94. The van der Waals surface area contributed by atoms with Gasteiger partial charge in [0.2, 0.25) is 0 Å². The molecular formula is C13H19N3O2. The van der Waals surface area contributed by atoms with Crippen molar-refractivity contribution in [2.75, 3.05) is 32.1 Å². The van der Waals surface area contributed by atoms with E-state index in [0.717, 1.165) is 18.8 Å². The van der Waals surface area contributed by atoms with Crippen LogP contribution in [0.4, 0.5) is 5.69 Å². The van der Waals surface area contributed by atoms with Crippen LogP contribution in [-0.4, -0.2) is 54.2 Å². The van der Waals surface area contributed by atoms with Crippen molar-refractivity contribution in [3.63, 3.8) is 0 Å². The summed E-state index contributed by atoms with van der Waals surface area (Å²) in [6, 6.07) is 4.02. The molecule has 1 N–H and O–H groups in total. The lowest BCUT2D eigenvalue weighted by atomic mass is 10.1. The Hall–Kier alpha value is -1.62. The average Bonchev–Trinajstić information content (AvgIpc) is 2.71. The molecule has 0 spiro atoms. The molecule has 0 amide bonds. The van der Waals surface area contributed by atoms with Gasteiger partial charge in [0.15, 0.2) is 0 Å². The van der Waals surface area contributed by atoms with E-state index in [4.69, 9.17) is 5.11 Å². The van der Waals surface area contributed by atoms with Crippen LogP contribution in [0, 0.1) is 5.92 Å². The van der Waals surface area contributed by atoms with E-state index in [-0.39, 0.29) is 5.69 Å². The topological polar surface area (TPSA) is 56.7 Å². The van der Waals surface area contributed by atoms with Crippen LogP contribution in [0.15, 0.2) is 18.3 Å². The van der Waals surface area contributed by atoms with Gasteiger partial charge in [0.1, 0.15) is 5.69 Å². The molecule has 0 aromatic carbocycles. The van der Waals surface area contributed by atoms with Crippen molar-refractivity contribution in [2.45, 2.75) is 13.0 Å². The Morgan fingerprint density at radius 3 is 2.78 bits per heavy atom. The van der Waals surface area contributed by atoms with Crippen LogP contribution in [0.5, 0.6) is 0 Å². The van der Waals surface area contributed by atoms with E-state index in [1.54, 1.807) is 12.3 Å². The maximum Gasteiger partial charge on any atom is 0.354 e. The van der Waals surface area contributed by atoms with E-state index in [1.165, 1.54) is 0 Å². The minimum absolute atomic E-state index is 0.105. The van der Waals surface area contributed by atoms with Crippen molar-refractivity contribution in [3.05, 3.63) is 24.0 Å². The molecule has 2 unspecified atom stereocenters. The van der Waals surface area contributed by atoms with Gasteiger partial charge in [-0.3, -0.25) is 0 Å². The number of aromatic carboxylic acids is 1. The molecule has 1 aromatic heterocycles. The van der Waals surface area contributed by atoms with E-state index in [0.29, 0.717) is 12.0 Å². The molecule has 1 saturated heterocycles. The summed E-state index contributed by atoms with van der Waals surface area (Å²) in [7, 11) is 4.17. The molecule has 2 rings (SSSR count). The van der Waals surface area contributed by atoms with Gasteiger partial charge >= 0.3 is 5.97 Å². The normalized spacial score (nSPS) is 23.7. The molecule has 0 bridgehead atoms. The number of carboxylic acids is 1. The van der Waals surface area contributed by atoms with Gasteiger partial charge in [0.05, 0.1) is 0 Å². The second-order valence-electron chi connectivity index (χ2n) is 5.12. The molecule has 18 heavy (non-hydrogen) atoms. The maximum atomic E-state index is 10.9. The zero-order valence-electron chi connectivity index (χ0n) is 11.0. The lowest BCUT2D eigenvalue weighted by Gasteiger charge is -2.23. The Kier molecular flexibility index (Phi) is 3.52. The third kappa shape index (κ3) is 2.46. The highest BCUT2D eigenvalue weighted by Crippen LogP contribution is 2.26. The summed E-state index contributed by atoms with van der Waals surface area (Å²) < 4.78 is 0. The number of pyridine rings is 1. The van der Waals surface area contributed by atoms with Gasteiger partial charge in [0.25, 0.3) is 0 Å². The Morgan fingerprint density at radius 2 is 2.22 bits per heavy atom. The number of anilines is 1. The number of rotatable bonds is 3. The van der Waals surface area contributed by atoms with Crippen LogP contribution >= 0.6 is 0 Å². The van der Waals surface area contributed by atoms with Crippen LogP contribution in [0.1, 0.15) is 17.4 Å². The van der Waals surface area contributed by atoms with E-state index >= 15 is 0 Å². The van der Waals surface area contributed by atoms with Crippen molar-refractivity contribution in [1.82, 2.24) is 9.88 Å². The molecule has 2 atom stereocenters.